The quantitative estimate of drug-likeness (QED) is 0.163. The summed E-state index contributed by atoms with van der Waals surface area (Å²) in [5.41, 5.74) is 10.5. The molecule has 0 radical (unpaired) electrons. The van der Waals surface area contributed by atoms with Gasteiger partial charge in [-0.3, -0.25) is 4.79 Å². The Labute approximate surface area is 284 Å². The molecule has 7 nitrogen and oxygen atoms in total. The zero-order chi connectivity index (χ0) is 33.3. The third kappa shape index (κ3) is 5.61. The molecule has 7 aromatic rings. The predicted octanol–water partition coefficient (Wildman–Crippen LogP) is 9.05. The van der Waals surface area contributed by atoms with Crippen molar-refractivity contribution < 1.29 is 9.21 Å². The summed E-state index contributed by atoms with van der Waals surface area (Å²) in [6.45, 7) is 0. The molecule has 0 fully saturated rings. The van der Waals surface area contributed by atoms with Crippen molar-refractivity contribution in [3.8, 4) is 22.3 Å². The van der Waals surface area contributed by atoms with Crippen LogP contribution < -0.4 is 15.5 Å². The number of para-hydroxylation sites is 1. The second-order valence-electron chi connectivity index (χ2n) is 12.0. The lowest BCUT2D eigenvalue weighted by molar-refractivity contribution is -0.107. The fourth-order valence-electron chi connectivity index (χ4n) is 6.50. The van der Waals surface area contributed by atoms with Gasteiger partial charge in [0.05, 0.1) is 11.4 Å². The first-order valence-electron chi connectivity index (χ1n) is 16.2. The summed E-state index contributed by atoms with van der Waals surface area (Å²) in [6, 6.07) is 47.4. The molecule has 238 valence electrons. The number of aliphatic imine (C=N–C) groups is 2. The van der Waals surface area contributed by atoms with E-state index in [2.05, 4.69) is 83.4 Å². The van der Waals surface area contributed by atoms with Gasteiger partial charge < -0.3 is 20.0 Å². The van der Waals surface area contributed by atoms with E-state index in [1.165, 1.54) is 0 Å². The van der Waals surface area contributed by atoms with Crippen LogP contribution in [-0.2, 0) is 4.79 Å². The second kappa shape index (κ2) is 12.6. The number of hydrogen-bond donors (Lipinski definition) is 2. The summed E-state index contributed by atoms with van der Waals surface area (Å²) in [4.78, 5) is 23.3. The van der Waals surface area contributed by atoms with Crippen molar-refractivity contribution in [1.82, 2.24) is 5.32 Å². The molecule has 6 aromatic carbocycles. The number of furan rings is 1. The molecule has 0 spiro atoms. The van der Waals surface area contributed by atoms with Crippen molar-refractivity contribution in [2.24, 2.45) is 9.98 Å². The number of carbonyl (C=O) groups excluding carboxylic acids is 1. The number of hydrogen-bond acceptors (Lipinski definition) is 6. The Balaban J connectivity index is 1.21. The van der Waals surface area contributed by atoms with E-state index >= 15 is 0 Å². The van der Waals surface area contributed by atoms with Crippen LogP contribution in [0.15, 0.2) is 154 Å². The van der Waals surface area contributed by atoms with Crippen LogP contribution in [0.2, 0.25) is 0 Å². The van der Waals surface area contributed by atoms with Crippen molar-refractivity contribution in [3.63, 3.8) is 0 Å². The van der Waals surface area contributed by atoms with Crippen LogP contribution in [0.1, 0.15) is 22.9 Å². The van der Waals surface area contributed by atoms with E-state index in [1.54, 1.807) is 11.9 Å². The Morgan fingerprint density at radius 1 is 0.714 bits per heavy atom. The molecule has 0 saturated carbocycles. The third-order valence-corrected chi connectivity index (χ3v) is 8.97. The number of benzene rings is 6. The van der Waals surface area contributed by atoms with E-state index in [-0.39, 0.29) is 6.17 Å². The summed E-state index contributed by atoms with van der Waals surface area (Å²) in [5, 5.41) is 9.01. The van der Waals surface area contributed by atoms with Crippen LogP contribution in [0.3, 0.4) is 0 Å². The smallest absolute Gasteiger partial charge is 0.213 e. The summed E-state index contributed by atoms with van der Waals surface area (Å²) >= 11 is 0. The minimum Gasteiger partial charge on any atom is -0.456 e. The van der Waals surface area contributed by atoms with Gasteiger partial charge in [0, 0.05) is 36.0 Å². The SMILES string of the molecule is CNc1cc(-c2cccc(C3=NC(c4cccc(-c5cccc6oc7ccccc7c56)c4)=NC(c4ccccc4)N3)c2)ccc1N(C)C=O. The highest BCUT2D eigenvalue weighted by atomic mass is 16.3. The molecule has 0 aliphatic carbocycles. The van der Waals surface area contributed by atoms with Crippen molar-refractivity contribution in [2.45, 2.75) is 6.17 Å². The highest BCUT2D eigenvalue weighted by Crippen LogP contribution is 2.37. The Bertz CT molecular complexity index is 2410. The number of carbonyl (C=O) groups is 1. The van der Waals surface area contributed by atoms with Gasteiger partial charge in [-0.25, -0.2) is 9.98 Å². The molecule has 1 aromatic heterocycles. The molecule has 0 saturated heterocycles. The van der Waals surface area contributed by atoms with Crippen LogP contribution in [0.5, 0.6) is 0 Å². The minimum absolute atomic E-state index is 0.327. The summed E-state index contributed by atoms with van der Waals surface area (Å²) < 4.78 is 6.19. The van der Waals surface area contributed by atoms with E-state index in [0.717, 1.165) is 84.5 Å². The normalized spacial score (nSPS) is 14.2. The monoisotopic (exact) mass is 639 g/mol. The lowest BCUT2D eigenvalue weighted by Crippen LogP contribution is -2.33. The Kier molecular flexibility index (Phi) is 7.70. The third-order valence-electron chi connectivity index (χ3n) is 8.97. The molecule has 1 unspecified atom stereocenters. The van der Waals surface area contributed by atoms with Crippen LogP contribution in [0.4, 0.5) is 11.4 Å². The maximum absolute atomic E-state index is 11.4. The first kappa shape index (κ1) is 29.9. The molecule has 8 rings (SSSR count). The van der Waals surface area contributed by atoms with Crippen LogP contribution in [-0.4, -0.2) is 32.2 Å². The Morgan fingerprint density at radius 3 is 2.24 bits per heavy atom. The number of fused-ring (bicyclic) bond motifs is 3. The van der Waals surface area contributed by atoms with Crippen LogP contribution >= 0.6 is 0 Å². The fraction of sp³-hybridized carbons (Fsp3) is 0.0714. The van der Waals surface area contributed by atoms with Gasteiger partial charge in [0.1, 0.15) is 23.2 Å². The summed E-state index contributed by atoms with van der Waals surface area (Å²) in [7, 11) is 3.60. The molecule has 2 N–H and O–H groups in total. The van der Waals surface area contributed by atoms with Gasteiger partial charge in [0.15, 0.2) is 5.84 Å². The van der Waals surface area contributed by atoms with Gasteiger partial charge in [-0.2, -0.15) is 0 Å². The summed E-state index contributed by atoms with van der Waals surface area (Å²) in [6.07, 6.45) is 0.479. The topological polar surface area (TPSA) is 82.2 Å². The average Bonchev–Trinajstić information content (AvgIpc) is 3.56. The maximum atomic E-state index is 11.4. The molecule has 1 aliphatic heterocycles. The van der Waals surface area contributed by atoms with Crippen molar-refractivity contribution in [3.05, 3.63) is 156 Å². The minimum atomic E-state index is -0.327. The number of amides is 1. The molecule has 1 amide bonds. The number of nitrogens with zero attached hydrogens (tertiary/aromatic N) is 3. The molecule has 49 heavy (non-hydrogen) atoms. The van der Waals surface area contributed by atoms with E-state index in [0.29, 0.717) is 5.84 Å². The molecular weight excluding hydrogens is 606 g/mol. The lowest BCUT2D eigenvalue weighted by Gasteiger charge is -2.24. The zero-order valence-corrected chi connectivity index (χ0v) is 27.1. The predicted molar refractivity (Wildman–Crippen MR) is 200 cm³/mol. The number of nitrogens with one attached hydrogen (secondary N) is 2. The standard InChI is InChI=1S/C42H33N5O2/c1-43-35-25-29(21-22-36(35)47(2)26-48)28-13-8-15-31(23-28)41-44-40(27-11-4-3-5-12-27)45-42(46-41)32-16-9-14-30(24-32)33-18-10-20-38-39(33)34-17-6-7-19-37(34)49-38/h3-26,40,43H,1-2H3,(H,44,45,46). The van der Waals surface area contributed by atoms with Gasteiger partial charge in [-0.1, -0.05) is 103 Å². The van der Waals surface area contributed by atoms with E-state index in [4.69, 9.17) is 14.4 Å². The average molecular weight is 640 g/mol. The van der Waals surface area contributed by atoms with E-state index in [1.807, 2.05) is 73.8 Å². The highest BCUT2D eigenvalue weighted by Gasteiger charge is 2.22. The van der Waals surface area contributed by atoms with Gasteiger partial charge in [-0.15, -0.1) is 0 Å². The molecule has 0 bridgehead atoms. The van der Waals surface area contributed by atoms with E-state index in [9.17, 15) is 4.79 Å². The van der Waals surface area contributed by atoms with Gasteiger partial charge in [-0.05, 0) is 64.2 Å². The Morgan fingerprint density at radius 2 is 1.41 bits per heavy atom. The molecule has 7 heteroatoms. The number of amidine groups is 2. The van der Waals surface area contributed by atoms with Gasteiger partial charge in [0.25, 0.3) is 0 Å². The van der Waals surface area contributed by atoms with Gasteiger partial charge in [0.2, 0.25) is 6.41 Å². The van der Waals surface area contributed by atoms with Crippen molar-refractivity contribution in [2.75, 3.05) is 24.3 Å². The molecule has 2 heterocycles. The lowest BCUT2D eigenvalue weighted by atomic mass is 9.97. The fourth-order valence-corrected chi connectivity index (χ4v) is 6.50. The largest absolute Gasteiger partial charge is 0.456 e. The van der Waals surface area contributed by atoms with Crippen molar-refractivity contribution >= 4 is 51.4 Å². The van der Waals surface area contributed by atoms with Crippen LogP contribution in [0.25, 0.3) is 44.2 Å². The van der Waals surface area contributed by atoms with Gasteiger partial charge >= 0.3 is 0 Å². The Hall–Kier alpha value is -6.47. The second-order valence-corrected chi connectivity index (χ2v) is 12.0. The maximum Gasteiger partial charge on any atom is 0.213 e. The molecular formula is C42H33N5O2. The zero-order valence-electron chi connectivity index (χ0n) is 27.1. The molecule has 1 aliphatic rings. The van der Waals surface area contributed by atoms with Crippen molar-refractivity contribution in [1.29, 1.82) is 0 Å². The molecule has 1 atom stereocenters. The highest BCUT2D eigenvalue weighted by molar-refractivity contribution is 6.15. The van der Waals surface area contributed by atoms with E-state index < -0.39 is 0 Å². The van der Waals surface area contributed by atoms with Crippen LogP contribution in [0, 0.1) is 0 Å². The first-order valence-corrected chi connectivity index (χ1v) is 16.2. The number of rotatable bonds is 8. The first-order chi connectivity index (χ1) is 24.1. The summed E-state index contributed by atoms with van der Waals surface area (Å²) in [5.74, 6) is 1.39. The number of anilines is 2.